The van der Waals surface area contributed by atoms with Crippen LogP contribution in [0.25, 0.3) is 0 Å². The molecule has 2 heterocycles. The molecule has 2 aromatic rings. The molecule has 0 aliphatic carbocycles. The quantitative estimate of drug-likeness (QED) is 0.715. The zero-order valence-corrected chi connectivity index (χ0v) is 18.8. The molecule has 31 heavy (non-hydrogen) atoms. The maximum atomic E-state index is 13.5. The third kappa shape index (κ3) is 4.11. The minimum atomic E-state index is -0.114. The monoisotopic (exact) mass is 419 g/mol. The SMILES string of the molecule is CC(=O)NCCN1C2CCC1([C@H](NC(=O)c1c(C)cccc1C)c1ccccc1)CC2. The Kier molecular flexibility index (Phi) is 6.15. The number of hydrogen-bond donors (Lipinski definition) is 2. The van der Waals surface area contributed by atoms with Crippen LogP contribution in [0, 0.1) is 13.8 Å². The first kappa shape index (κ1) is 21.6. The standard InChI is InChI=1S/C26H33N3O2/c1-18-8-7-9-19(2)23(18)25(31)28-24(21-10-5-4-6-11-21)26-14-12-22(13-15-26)29(26)17-16-27-20(3)30/h4-11,22,24H,12-17H2,1-3H3,(H,27,30)(H,28,31)/t22?,24-,26?/m1/s1. The van der Waals surface area contributed by atoms with Gasteiger partial charge in [0.25, 0.3) is 5.91 Å². The van der Waals surface area contributed by atoms with Crippen LogP contribution >= 0.6 is 0 Å². The minimum Gasteiger partial charge on any atom is -0.355 e. The highest BCUT2D eigenvalue weighted by Crippen LogP contribution is 2.52. The number of nitrogens with one attached hydrogen (secondary N) is 2. The molecule has 2 saturated heterocycles. The lowest BCUT2D eigenvalue weighted by molar-refractivity contribution is -0.119. The topological polar surface area (TPSA) is 61.4 Å². The highest BCUT2D eigenvalue weighted by atomic mass is 16.2. The molecule has 2 aliphatic rings. The van der Waals surface area contributed by atoms with Gasteiger partial charge in [-0.25, -0.2) is 0 Å². The van der Waals surface area contributed by atoms with Gasteiger partial charge in [-0.15, -0.1) is 0 Å². The number of benzene rings is 2. The molecule has 1 atom stereocenters. The zero-order valence-electron chi connectivity index (χ0n) is 18.8. The number of carbonyl (C=O) groups excluding carboxylic acids is 2. The van der Waals surface area contributed by atoms with E-state index in [0.717, 1.165) is 54.5 Å². The second-order valence-electron chi connectivity index (χ2n) is 9.10. The molecule has 5 nitrogen and oxygen atoms in total. The summed E-state index contributed by atoms with van der Waals surface area (Å²) in [4.78, 5) is 27.5. The van der Waals surface area contributed by atoms with Gasteiger partial charge < -0.3 is 10.6 Å². The van der Waals surface area contributed by atoms with E-state index in [1.165, 1.54) is 0 Å². The number of carbonyl (C=O) groups is 2. The summed E-state index contributed by atoms with van der Waals surface area (Å²) < 4.78 is 0. The van der Waals surface area contributed by atoms with Crippen molar-refractivity contribution in [2.45, 2.75) is 64.1 Å². The Hall–Kier alpha value is -2.66. The molecule has 2 fully saturated rings. The predicted molar refractivity (Wildman–Crippen MR) is 123 cm³/mol. The predicted octanol–water partition coefficient (Wildman–Crippen LogP) is 3.91. The lowest BCUT2D eigenvalue weighted by atomic mass is 9.78. The Balaban J connectivity index is 1.67. The summed E-state index contributed by atoms with van der Waals surface area (Å²) in [5.41, 5.74) is 3.81. The zero-order chi connectivity index (χ0) is 22.0. The van der Waals surface area contributed by atoms with Crippen molar-refractivity contribution in [2.24, 2.45) is 0 Å². The van der Waals surface area contributed by atoms with Crippen LogP contribution in [0.15, 0.2) is 48.5 Å². The molecule has 2 aliphatic heterocycles. The van der Waals surface area contributed by atoms with E-state index < -0.39 is 0 Å². The molecule has 2 aromatic carbocycles. The molecule has 0 aromatic heterocycles. The van der Waals surface area contributed by atoms with Crippen LogP contribution in [0.2, 0.25) is 0 Å². The lowest BCUT2D eigenvalue weighted by Crippen LogP contribution is -2.53. The maximum absolute atomic E-state index is 13.5. The van der Waals surface area contributed by atoms with Gasteiger partial charge in [0.05, 0.1) is 6.04 Å². The smallest absolute Gasteiger partial charge is 0.252 e. The molecule has 2 bridgehead atoms. The van der Waals surface area contributed by atoms with E-state index in [-0.39, 0.29) is 23.4 Å². The van der Waals surface area contributed by atoms with Gasteiger partial charge in [0.2, 0.25) is 5.91 Å². The lowest BCUT2D eigenvalue weighted by Gasteiger charge is -2.42. The number of rotatable bonds is 7. The first-order chi connectivity index (χ1) is 14.9. The third-order valence-electron chi connectivity index (χ3n) is 7.21. The van der Waals surface area contributed by atoms with Crippen molar-refractivity contribution in [3.63, 3.8) is 0 Å². The van der Waals surface area contributed by atoms with Crippen LogP contribution in [0.1, 0.15) is 65.7 Å². The van der Waals surface area contributed by atoms with Crippen molar-refractivity contribution in [1.29, 1.82) is 0 Å². The number of nitrogens with zero attached hydrogens (tertiary/aromatic N) is 1. The summed E-state index contributed by atoms with van der Waals surface area (Å²) in [5, 5.41) is 6.40. The molecule has 0 saturated carbocycles. The van der Waals surface area contributed by atoms with Gasteiger partial charge in [0, 0.05) is 37.2 Å². The summed E-state index contributed by atoms with van der Waals surface area (Å²) in [5.74, 6) is -0.000442. The molecule has 164 valence electrons. The first-order valence-electron chi connectivity index (χ1n) is 11.4. The van der Waals surface area contributed by atoms with E-state index in [9.17, 15) is 9.59 Å². The molecular formula is C26H33N3O2. The third-order valence-corrected chi connectivity index (χ3v) is 7.21. The summed E-state index contributed by atoms with van der Waals surface area (Å²) >= 11 is 0. The Labute approximate surface area is 185 Å². The van der Waals surface area contributed by atoms with Gasteiger partial charge in [-0.1, -0.05) is 48.5 Å². The van der Waals surface area contributed by atoms with E-state index >= 15 is 0 Å². The molecule has 2 N–H and O–H groups in total. The average Bonchev–Trinajstić information content (AvgIpc) is 3.27. The van der Waals surface area contributed by atoms with Gasteiger partial charge in [-0.3, -0.25) is 14.5 Å². The largest absolute Gasteiger partial charge is 0.355 e. The number of aryl methyl sites for hydroxylation is 2. The molecule has 0 unspecified atom stereocenters. The molecule has 0 radical (unpaired) electrons. The van der Waals surface area contributed by atoms with Crippen molar-refractivity contribution >= 4 is 11.8 Å². The van der Waals surface area contributed by atoms with E-state index in [4.69, 9.17) is 0 Å². The number of fused-ring (bicyclic) bond motifs is 2. The normalized spacial score (nSPS) is 23.5. The fraction of sp³-hybridized carbons (Fsp3) is 0.462. The fourth-order valence-electron chi connectivity index (χ4n) is 5.83. The van der Waals surface area contributed by atoms with Crippen molar-refractivity contribution in [3.05, 3.63) is 70.8 Å². The summed E-state index contributed by atoms with van der Waals surface area (Å²) in [6.45, 7) is 7.01. The molecule has 5 heteroatoms. The Bertz CT molecular complexity index is 928. The van der Waals surface area contributed by atoms with Crippen molar-refractivity contribution < 1.29 is 9.59 Å². The average molecular weight is 420 g/mol. The van der Waals surface area contributed by atoms with Crippen LogP contribution < -0.4 is 10.6 Å². The maximum Gasteiger partial charge on any atom is 0.252 e. The van der Waals surface area contributed by atoms with E-state index in [0.29, 0.717) is 12.6 Å². The second-order valence-corrected chi connectivity index (χ2v) is 9.10. The van der Waals surface area contributed by atoms with Gasteiger partial charge in [0.1, 0.15) is 0 Å². The Morgan fingerprint density at radius 3 is 2.29 bits per heavy atom. The summed E-state index contributed by atoms with van der Waals surface area (Å²) in [6, 6.07) is 16.8. The van der Waals surface area contributed by atoms with Crippen molar-refractivity contribution in [3.8, 4) is 0 Å². The minimum absolute atomic E-state index is 0.00327. The van der Waals surface area contributed by atoms with E-state index in [1.54, 1.807) is 6.92 Å². The van der Waals surface area contributed by atoms with Gasteiger partial charge in [-0.2, -0.15) is 0 Å². The van der Waals surface area contributed by atoms with E-state index in [1.807, 2.05) is 50.2 Å². The first-order valence-corrected chi connectivity index (χ1v) is 11.4. The van der Waals surface area contributed by atoms with Crippen LogP contribution in [0.4, 0.5) is 0 Å². The van der Waals surface area contributed by atoms with Gasteiger partial charge >= 0.3 is 0 Å². The van der Waals surface area contributed by atoms with Crippen LogP contribution in [-0.2, 0) is 4.79 Å². The van der Waals surface area contributed by atoms with Crippen LogP contribution in [0.3, 0.4) is 0 Å². The highest BCUT2D eigenvalue weighted by molar-refractivity contribution is 5.97. The second kappa shape index (κ2) is 8.83. The van der Waals surface area contributed by atoms with Crippen molar-refractivity contribution in [1.82, 2.24) is 15.5 Å². The van der Waals surface area contributed by atoms with E-state index in [2.05, 4.69) is 27.7 Å². The molecule has 4 rings (SSSR count). The Morgan fingerprint density at radius 2 is 1.68 bits per heavy atom. The molecule has 0 spiro atoms. The molecule has 2 amide bonds. The summed E-state index contributed by atoms with van der Waals surface area (Å²) in [7, 11) is 0. The van der Waals surface area contributed by atoms with Crippen LogP contribution in [-0.4, -0.2) is 41.4 Å². The number of amides is 2. The number of hydrogen-bond acceptors (Lipinski definition) is 3. The van der Waals surface area contributed by atoms with Crippen LogP contribution in [0.5, 0.6) is 0 Å². The van der Waals surface area contributed by atoms with Gasteiger partial charge in [-0.05, 0) is 56.2 Å². The highest BCUT2D eigenvalue weighted by Gasteiger charge is 2.56. The van der Waals surface area contributed by atoms with Crippen molar-refractivity contribution in [2.75, 3.05) is 13.1 Å². The van der Waals surface area contributed by atoms with Gasteiger partial charge in [0.15, 0.2) is 0 Å². The Morgan fingerprint density at radius 1 is 1.03 bits per heavy atom. The summed E-state index contributed by atoms with van der Waals surface area (Å²) in [6.07, 6.45) is 4.40. The molecular weight excluding hydrogens is 386 g/mol. The fourth-order valence-corrected chi connectivity index (χ4v) is 5.83.